The summed E-state index contributed by atoms with van der Waals surface area (Å²) in [7, 11) is 1.73. The van der Waals surface area contributed by atoms with E-state index in [2.05, 4.69) is 62.4 Å². The Labute approximate surface area is 207 Å². The Balaban J connectivity index is 1.81. The van der Waals surface area contributed by atoms with Crippen molar-refractivity contribution in [2.45, 2.75) is 45.8 Å². The van der Waals surface area contributed by atoms with E-state index < -0.39 is 28.7 Å². The molecule has 1 unspecified atom stereocenters. The normalized spacial score (nSPS) is 23.2. The van der Waals surface area contributed by atoms with Gasteiger partial charge < -0.3 is 9.64 Å². The topological polar surface area (TPSA) is 46.6 Å². The molecule has 1 amide bonds. The van der Waals surface area contributed by atoms with Crippen LogP contribution in [-0.4, -0.2) is 23.6 Å². The molecular weight excluding hydrogens is 434 g/mol. The predicted molar refractivity (Wildman–Crippen MR) is 137 cm³/mol. The minimum Gasteiger partial charge on any atom is -0.481 e. The first kappa shape index (κ1) is 23.1. The zero-order chi connectivity index (χ0) is 25.0. The maximum absolute atomic E-state index is 14.0. The highest BCUT2D eigenvalue weighted by Crippen LogP contribution is 2.64. The van der Waals surface area contributed by atoms with Gasteiger partial charge in [0.05, 0.1) is 6.04 Å². The second-order valence-corrected chi connectivity index (χ2v) is 10.2. The highest BCUT2D eigenvalue weighted by atomic mass is 16.5. The Morgan fingerprint density at radius 2 is 1.34 bits per heavy atom. The van der Waals surface area contributed by atoms with Gasteiger partial charge in [0.1, 0.15) is 11.2 Å². The molecule has 2 atom stereocenters. The maximum atomic E-state index is 14.0. The molecule has 0 aromatic heterocycles. The van der Waals surface area contributed by atoms with Crippen LogP contribution in [0.4, 0.5) is 0 Å². The van der Waals surface area contributed by atoms with Gasteiger partial charge in [-0.15, -0.1) is 0 Å². The molecular formula is C31H31NO3. The minimum absolute atomic E-state index is 0.348. The SMILES string of the molecule is CC(C)=C1OC(c2ccc(C)cc2)(c2ccc(C)cc2)C[C@]12C(=O)C(=O)N(C)C2c1ccccc1. The van der Waals surface area contributed by atoms with Crippen LogP contribution in [0.2, 0.25) is 0 Å². The zero-order valence-electron chi connectivity index (χ0n) is 21.0. The maximum Gasteiger partial charge on any atom is 0.291 e. The molecule has 0 saturated carbocycles. The van der Waals surface area contributed by atoms with Gasteiger partial charge in [-0.25, -0.2) is 0 Å². The van der Waals surface area contributed by atoms with Gasteiger partial charge in [0.25, 0.3) is 5.91 Å². The van der Waals surface area contributed by atoms with Crippen molar-refractivity contribution in [3.05, 3.63) is 118 Å². The highest BCUT2D eigenvalue weighted by Gasteiger charge is 2.69. The molecule has 0 bridgehead atoms. The second-order valence-electron chi connectivity index (χ2n) is 10.2. The number of likely N-dealkylation sites (N-methyl/N-ethyl adjacent to an activating group) is 1. The summed E-state index contributed by atoms with van der Waals surface area (Å²) in [5, 5.41) is 0. The molecule has 0 N–H and O–H groups in total. The monoisotopic (exact) mass is 465 g/mol. The smallest absolute Gasteiger partial charge is 0.291 e. The molecule has 5 rings (SSSR count). The predicted octanol–water partition coefficient (Wildman–Crippen LogP) is 6.03. The van der Waals surface area contributed by atoms with Crippen LogP contribution in [-0.2, 0) is 19.9 Å². The molecule has 2 saturated heterocycles. The van der Waals surface area contributed by atoms with Crippen molar-refractivity contribution in [1.29, 1.82) is 0 Å². The van der Waals surface area contributed by atoms with Crippen LogP contribution in [0.15, 0.2) is 90.2 Å². The Bertz CT molecular complexity index is 1270. The van der Waals surface area contributed by atoms with Crippen LogP contribution in [0.5, 0.6) is 0 Å². The van der Waals surface area contributed by atoms with Crippen molar-refractivity contribution >= 4 is 11.7 Å². The van der Waals surface area contributed by atoms with Gasteiger partial charge >= 0.3 is 0 Å². The largest absolute Gasteiger partial charge is 0.481 e. The van der Waals surface area contributed by atoms with E-state index in [0.717, 1.165) is 33.4 Å². The van der Waals surface area contributed by atoms with E-state index in [0.29, 0.717) is 12.2 Å². The third-order valence-electron chi connectivity index (χ3n) is 7.59. The summed E-state index contributed by atoms with van der Waals surface area (Å²) in [4.78, 5) is 28.9. The van der Waals surface area contributed by atoms with Gasteiger partial charge in [-0.2, -0.15) is 0 Å². The zero-order valence-corrected chi connectivity index (χ0v) is 21.0. The molecule has 2 heterocycles. The second kappa shape index (κ2) is 8.23. The summed E-state index contributed by atoms with van der Waals surface area (Å²) in [5.41, 5.74) is 4.06. The van der Waals surface area contributed by atoms with Crippen molar-refractivity contribution < 1.29 is 14.3 Å². The number of Topliss-reactive ketones (excluding diaryl/α,β-unsaturated/α-hetero) is 1. The molecule has 2 aliphatic rings. The van der Waals surface area contributed by atoms with E-state index in [1.54, 1.807) is 11.9 Å². The number of likely N-dealkylation sites (tertiary alicyclic amines) is 1. The van der Waals surface area contributed by atoms with Crippen molar-refractivity contribution in [3.63, 3.8) is 0 Å². The standard InChI is InChI=1S/C31H31NO3/c1-20(2)28-30(26(23-9-7-6-8-10-23)32(5)29(34)27(30)33)19-31(35-28,24-15-11-21(3)12-16-24)25-17-13-22(4)14-18-25/h6-18,26H,19H2,1-5H3/t26?,30-/m0/s1. The molecule has 0 radical (unpaired) electrons. The number of aryl methyl sites for hydroxylation is 2. The minimum atomic E-state index is -1.12. The van der Waals surface area contributed by atoms with Crippen LogP contribution in [0.25, 0.3) is 0 Å². The number of ether oxygens (including phenoxy) is 1. The number of benzene rings is 3. The molecule has 2 fully saturated rings. The van der Waals surface area contributed by atoms with Crippen LogP contribution in [0.3, 0.4) is 0 Å². The van der Waals surface area contributed by atoms with Crippen LogP contribution < -0.4 is 0 Å². The fourth-order valence-electron chi connectivity index (χ4n) is 5.93. The first-order valence-corrected chi connectivity index (χ1v) is 12.1. The van der Waals surface area contributed by atoms with Crippen LogP contribution >= 0.6 is 0 Å². The lowest BCUT2D eigenvalue weighted by atomic mass is 9.67. The van der Waals surface area contributed by atoms with E-state index in [9.17, 15) is 9.59 Å². The van der Waals surface area contributed by atoms with Gasteiger partial charge in [-0.05, 0) is 50.0 Å². The lowest BCUT2D eigenvalue weighted by Crippen LogP contribution is -2.36. The van der Waals surface area contributed by atoms with E-state index >= 15 is 0 Å². The van der Waals surface area contributed by atoms with Crippen LogP contribution in [0.1, 0.15) is 54.1 Å². The summed E-state index contributed by atoms with van der Waals surface area (Å²) in [6.07, 6.45) is 0.348. The highest BCUT2D eigenvalue weighted by molar-refractivity contribution is 6.41. The molecule has 1 spiro atoms. The summed E-state index contributed by atoms with van der Waals surface area (Å²) >= 11 is 0. The fourth-order valence-corrected chi connectivity index (χ4v) is 5.93. The Morgan fingerprint density at radius 3 is 1.83 bits per heavy atom. The average Bonchev–Trinajstić information content (AvgIpc) is 3.30. The number of hydrogen-bond acceptors (Lipinski definition) is 3. The molecule has 3 aromatic carbocycles. The van der Waals surface area contributed by atoms with E-state index in [1.165, 1.54) is 0 Å². The number of hydrogen-bond donors (Lipinski definition) is 0. The fraction of sp³-hybridized carbons (Fsp3) is 0.290. The first-order valence-electron chi connectivity index (χ1n) is 12.1. The summed E-state index contributed by atoms with van der Waals surface area (Å²) in [6.45, 7) is 8.05. The van der Waals surface area contributed by atoms with Crippen LogP contribution in [0, 0.1) is 19.3 Å². The van der Waals surface area contributed by atoms with Crippen molar-refractivity contribution in [2.75, 3.05) is 7.05 Å². The Kier molecular flexibility index (Phi) is 5.43. The average molecular weight is 466 g/mol. The summed E-state index contributed by atoms with van der Waals surface area (Å²) < 4.78 is 7.00. The first-order chi connectivity index (χ1) is 16.7. The number of nitrogens with zero attached hydrogens (tertiary/aromatic N) is 1. The molecule has 3 aromatic rings. The summed E-state index contributed by atoms with van der Waals surface area (Å²) in [5.74, 6) is -0.258. The lowest BCUT2D eigenvalue weighted by molar-refractivity contribution is -0.141. The number of amides is 1. The molecule has 178 valence electrons. The van der Waals surface area contributed by atoms with Gasteiger partial charge in [0.2, 0.25) is 5.78 Å². The van der Waals surface area contributed by atoms with Gasteiger partial charge in [-0.1, -0.05) is 90.0 Å². The number of rotatable bonds is 3. The summed E-state index contributed by atoms with van der Waals surface area (Å²) in [6, 6.07) is 26.0. The lowest BCUT2D eigenvalue weighted by Gasteiger charge is -2.33. The Morgan fingerprint density at radius 1 is 0.829 bits per heavy atom. The third-order valence-corrected chi connectivity index (χ3v) is 7.59. The van der Waals surface area contributed by atoms with Crippen molar-refractivity contribution in [1.82, 2.24) is 4.90 Å². The Hall–Kier alpha value is -3.66. The number of allylic oxidation sites excluding steroid dienone is 1. The van der Waals surface area contributed by atoms with E-state index in [-0.39, 0.29) is 0 Å². The van der Waals surface area contributed by atoms with Gasteiger partial charge in [-0.3, -0.25) is 9.59 Å². The van der Waals surface area contributed by atoms with Gasteiger partial charge in [0, 0.05) is 13.5 Å². The molecule has 4 nitrogen and oxygen atoms in total. The van der Waals surface area contributed by atoms with Gasteiger partial charge in [0.15, 0.2) is 5.60 Å². The number of carbonyl (C=O) groups excluding carboxylic acids is 2. The molecule has 0 aliphatic carbocycles. The molecule has 2 aliphatic heterocycles. The molecule has 4 heteroatoms. The quantitative estimate of drug-likeness (QED) is 0.444. The third kappa shape index (κ3) is 3.35. The van der Waals surface area contributed by atoms with Crippen molar-refractivity contribution in [3.8, 4) is 0 Å². The van der Waals surface area contributed by atoms with E-state index in [4.69, 9.17) is 4.74 Å². The molecule has 35 heavy (non-hydrogen) atoms. The van der Waals surface area contributed by atoms with E-state index in [1.807, 2.05) is 44.2 Å². The number of ketones is 1. The van der Waals surface area contributed by atoms with Crippen molar-refractivity contribution in [2.24, 2.45) is 5.41 Å². The number of carbonyl (C=O) groups is 2.